The van der Waals surface area contributed by atoms with Crippen molar-refractivity contribution in [2.45, 2.75) is 51.4 Å². The quantitative estimate of drug-likeness (QED) is 0.872. The van der Waals surface area contributed by atoms with E-state index in [1.54, 1.807) is 7.11 Å². The van der Waals surface area contributed by atoms with E-state index in [9.17, 15) is 0 Å². The van der Waals surface area contributed by atoms with E-state index < -0.39 is 0 Å². The van der Waals surface area contributed by atoms with Crippen LogP contribution in [-0.2, 0) is 17.9 Å². The van der Waals surface area contributed by atoms with Gasteiger partial charge in [0.05, 0.1) is 19.8 Å². The summed E-state index contributed by atoms with van der Waals surface area (Å²) in [5.74, 6) is 0.892. The molecule has 1 fully saturated rings. The van der Waals surface area contributed by atoms with Crippen molar-refractivity contribution in [1.29, 1.82) is 0 Å². The smallest absolute Gasteiger partial charge is 0.124 e. The molecule has 0 spiro atoms. The molecule has 0 atom stereocenters. The second-order valence-corrected chi connectivity index (χ2v) is 4.92. The van der Waals surface area contributed by atoms with Gasteiger partial charge in [0, 0.05) is 12.1 Å². The van der Waals surface area contributed by atoms with E-state index in [4.69, 9.17) is 15.2 Å². The molecule has 2 rings (SSSR count). The predicted molar refractivity (Wildman–Crippen MR) is 72.5 cm³/mol. The molecular formula is C15H23NO2. The molecule has 0 saturated heterocycles. The van der Waals surface area contributed by atoms with E-state index in [2.05, 4.69) is 6.07 Å². The molecule has 0 unspecified atom stereocenters. The molecule has 18 heavy (non-hydrogen) atoms. The Morgan fingerprint density at radius 1 is 1.22 bits per heavy atom. The lowest BCUT2D eigenvalue weighted by molar-refractivity contribution is 0.0160. The summed E-state index contributed by atoms with van der Waals surface area (Å²) >= 11 is 0. The third kappa shape index (κ3) is 3.47. The van der Waals surface area contributed by atoms with Gasteiger partial charge in [-0.3, -0.25) is 0 Å². The van der Waals surface area contributed by atoms with E-state index in [0.717, 1.165) is 16.9 Å². The van der Waals surface area contributed by atoms with Crippen LogP contribution in [0, 0.1) is 0 Å². The van der Waals surface area contributed by atoms with Crippen molar-refractivity contribution in [1.82, 2.24) is 0 Å². The van der Waals surface area contributed by atoms with Crippen LogP contribution in [0.3, 0.4) is 0 Å². The number of methoxy groups -OCH3 is 1. The maximum absolute atomic E-state index is 5.99. The highest BCUT2D eigenvalue weighted by atomic mass is 16.5. The molecule has 1 saturated carbocycles. The van der Waals surface area contributed by atoms with Gasteiger partial charge in [0.25, 0.3) is 0 Å². The minimum atomic E-state index is 0.421. The van der Waals surface area contributed by atoms with Crippen LogP contribution in [0.1, 0.15) is 43.2 Å². The molecule has 0 radical (unpaired) electrons. The second kappa shape index (κ2) is 6.76. The van der Waals surface area contributed by atoms with Gasteiger partial charge in [-0.05, 0) is 30.5 Å². The molecule has 1 aromatic rings. The maximum atomic E-state index is 5.99. The summed E-state index contributed by atoms with van der Waals surface area (Å²) in [7, 11) is 1.70. The van der Waals surface area contributed by atoms with E-state index in [1.807, 2.05) is 12.1 Å². The Labute approximate surface area is 109 Å². The summed E-state index contributed by atoms with van der Waals surface area (Å²) < 4.78 is 11.4. The summed E-state index contributed by atoms with van der Waals surface area (Å²) in [4.78, 5) is 0. The lowest BCUT2D eigenvalue weighted by Crippen LogP contribution is -2.16. The molecular weight excluding hydrogens is 226 g/mol. The Bertz CT molecular complexity index is 373. The van der Waals surface area contributed by atoms with E-state index >= 15 is 0 Å². The van der Waals surface area contributed by atoms with Gasteiger partial charge in [0.2, 0.25) is 0 Å². The first-order valence-corrected chi connectivity index (χ1v) is 6.81. The molecule has 100 valence electrons. The SMILES string of the molecule is COc1ccc(CN)cc1COC1CCCCC1. The van der Waals surface area contributed by atoms with Gasteiger partial charge < -0.3 is 15.2 Å². The summed E-state index contributed by atoms with van der Waals surface area (Å²) in [6, 6.07) is 6.06. The molecule has 3 nitrogen and oxygen atoms in total. The fourth-order valence-electron chi connectivity index (χ4n) is 2.51. The summed E-state index contributed by atoms with van der Waals surface area (Å²) in [6.07, 6.45) is 6.75. The zero-order valence-electron chi connectivity index (χ0n) is 11.2. The first kappa shape index (κ1) is 13.4. The van der Waals surface area contributed by atoms with Gasteiger partial charge in [-0.25, -0.2) is 0 Å². The standard InChI is InChI=1S/C15H23NO2/c1-17-15-8-7-12(10-16)9-13(15)11-18-14-5-3-2-4-6-14/h7-9,14H,2-6,10-11,16H2,1H3. The lowest BCUT2D eigenvalue weighted by atomic mass is 9.98. The van der Waals surface area contributed by atoms with Gasteiger partial charge in [-0.1, -0.05) is 25.3 Å². The number of nitrogens with two attached hydrogens (primary N) is 1. The van der Waals surface area contributed by atoms with E-state index in [0.29, 0.717) is 19.3 Å². The lowest BCUT2D eigenvalue weighted by Gasteiger charge is -2.22. The summed E-state index contributed by atoms with van der Waals surface area (Å²) in [6.45, 7) is 1.18. The molecule has 1 aliphatic carbocycles. The number of hydrogen-bond acceptors (Lipinski definition) is 3. The van der Waals surface area contributed by atoms with Crippen LogP contribution in [0.5, 0.6) is 5.75 Å². The van der Waals surface area contributed by atoms with Gasteiger partial charge in [0.1, 0.15) is 5.75 Å². The van der Waals surface area contributed by atoms with E-state index in [1.165, 1.54) is 32.1 Å². The van der Waals surface area contributed by atoms with Crippen molar-refractivity contribution < 1.29 is 9.47 Å². The maximum Gasteiger partial charge on any atom is 0.124 e. The molecule has 0 aliphatic heterocycles. The Hall–Kier alpha value is -1.06. The Kier molecular flexibility index (Phi) is 5.02. The molecule has 2 N–H and O–H groups in total. The second-order valence-electron chi connectivity index (χ2n) is 4.92. The van der Waals surface area contributed by atoms with Crippen molar-refractivity contribution in [3.63, 3.8) is 0 Å². The fraction of sp³-hybridized carbons (Fsp3) is 0.600. The van der Waals surface area contributed by atoms with Crippen LogP contribution >= 0.6 is 0 Å². The Morgan fingerprint density at radius 3 is 2.67 bits per heavy atom. The molecule has 1 aliphatic rings. The minimum Gasteiger partial charge on any atom is -0.496 e. The molecule has 0 amide bonds. The van der Waals surface area contributed by atoms with E-state index in [-0.39, 0.29) is 0 Å². The average molecular weight is 249 g/mol. The zero-order chi connectivity index (χ0) is 12.8. The molecule has 0 bridgehead atoms. The van der Waals surface area contributed by atoms with Crippen LogP contribution in [-0.4, -0.2) is 13.2 Å². The monoisotopic (exact) mass is 249 g/mol. The van der Waals surface area contributed by atoms with Crippen LogP contribution in [0.4, 0.5) is 0 Å². The van der Waals surface area contributed by atoms with Crippen LogP contribution in [0.15, 0.2) is 18.2 Å². The number of benzene rings is 1. The number of ether oxygens (including phenoxy) is 2. The highest BCUT2D eigenvalue weighted by molar-refractivity contribution is 5.36. The first-order valence-electron chi connectivity index (χ1n) is 6.81. The van der Waals surface area contributed by atoms with Gasteiger partial charge in [-0.15, -0.1) is 0 Å². The average Bonchev–Trinajstić information content (AvgIpc) is 2.45. The fourth-order valence-corrected chi connectivity index (χ4v) is 2.51. The number of rotatable bonds is 5. The largest absolute Gasteiger partial charge is 0.496 e. The zero-order valence-corrected chi connectivity index (χ0v) is 11.2. The molecule has 0 aromatic heterocycles. The Balaban J connectivity index is 1.97. The molecule has 0 heterocycles. The molecule has 1 aromatic carbocycles. The highest BCUT2D eigenvalue weighted by Gasteiger charge is 2.14. The summed E-state index contributed by atoms with van der Waals surface area (Å²) in [5.41, 5.74) is 7.89. The van der Waals surface area contributed by atoms with Crippen molar-refractivity contribution in [2.24, 2.45) is 5.73 Å². The van der Waals surface area contributed by atoms with Crippen molar-refractivity contribution >= 4 is 0 Å². The molecule has 3 heteroatoms. The third-order valence-electron chi connectivity index (χ3n) is 3.61. The highest BCUT2D eigenvalue weighted by Crippen LogP contribution is 2.25. The van der Waals surface area contributed by atoms with Gasteiger partial charge >= 0.3 is 0 Å². The third-order valence-corrected chi connectivity index (χ3v) is 3.61. The predicted octanol–water partition coefficient (Wildman–Crippen LogP) is 3.00. The van der Waals surface area contributed by atoms with Crippen LogP contribution in [0.2, 0.25) is 0 Å². The normalized spacial score (nSPS) is 16.8. The van der Waals surface area contributed by atoms with Crippen molar-refractivity contribution in [2.75, 3.05) is 7.11 Å². The van der Waals surface area contributed by atoms with Gasteiger partial charge in [0.15, 0.2) is 0 Å². The summed E-state index contributed by atoms with van der Waals surface area (Å²) in [5, 5.41) is 0. The first-order chi connectivity index (χ1) is 8.83. The topological polar surface area (TPSA) is 44.5 Å². The number of hydrogen-bond donors (Lipinski definition) is 1. The minimum absolute atomic E-state index is 0.421. The van der Waals surface area contributed by atoms with Crippen molar-refractivity contribution in [3.05, 3.63) is 29.3 Å². The van der Waals surface area contributed by atoms with Gasteiger partial charge in [-0.2, -0.15) is 0 Å². The van der Waals surface area contributed by atoms with Crippen molar-refractivity contribution in [3.8, 4) is 5.75 Å². The van der Waals surface area contributed by atoms with Crippen LogP contribution in [0.25, 0.3) is 0 Å². The van der Waals surface area contributed by atoms with Crippen LogP contribution < -0.4 is 10.5 Å². The Morgan fingerprint density at radius 2 is 2.00 bits per heavy atom.